The Morgan fingerprint density at radius 2 is 1.32 bits per heavy atom. The van der Waals surface area contributed by atoms with Gasteiger partial charge in [0.1, 0.15) is 19.2 Å². The van der Waals surface area contributed by atoms with Crippen LogP contribution >= 0.6 is 24.0 Å². The fourth-order valence-corrected chi connectivity index (χ4v) is 8.98. The summed E-state index contributed by atoms with van der Waals surface area (Å²) in [7, 11) is 0. The molecule has 62 heavy (non-hydrogen) atoms. The van der Waals surface area contributed by atoms with E-state index in [1.807, 2.05) is 12.1 Å². The van der Waals surface area contributed by atoms with Gasteiger partial charge in [-0.2, -0.15) is 0 Å². The molecule has 2 aliphatic rings. The quantitative estimate of drug-likeness (QED) is 0.0441. The van der Waals surface area contributed by atoms with Crippen LogP contribution in [0.4, 0.5) is 0 Å². The summed E-state index contributed by atoms with van der Waals surface area (Å²) in [6.07, 6.45) is 17.7. The molecule has 3 unspecified atom stereocenters. The number of carbonyl (C=O) groups is 3. The fourth-order valence-electron chi connectivity index (χ4n) is 8.98. The number of piperidine rings is 2. The van der Waals surface area contributed by atoms with Crippen LogP contribution in [-0.4, -0.2) is 71.8 Å². The number of esters is 1. The Balaban J connectivity index is 0. The zero-order valence-electron chi connectivity index (χ0n) is 38.8. The van der Waals surface area contributed by atoms with Crippen LogP contribution in [0.5, 0.6) is 11.5 Å². The molecule has 4 radical (unpaired) electrons. The second-order valence-electron chi connectivity index (χ2n) is 16.5. The smallest absolute Gasteiger partial charge is 0.308 e. The number of likely N-dealkylation sites (tertiary alicyclic amines) is 2. The molecule has 3 aromatic rings. The minimum Gasteiger partial charge on any atom is -0.477 e. The third-order valence-corrected chi connectivity index (χ3v) is 12.2. The van der Waals surface area contributed by atoms with Crippen LogP contribution in [0.2, 0.25) is 0 Å². The average Bonchev–Trinajstić information content (AvgIpc) is 3.19. The van der Waals surface area contributed by atoms with Gasteiger partial charge in [-0.3, -0.25) is 19.3 Å². The van der Waals surface area contributed by atoms with Gasteiger partial charge in [0.15, 0.2) is 23.1 Å². The van der Waals surface area contributed by atoms with Gasteiger partial charge < -0.3 is 14.0 Å². The number of carbonyl (C=O) groups excluding carboxylic acids is 3. The number of halogens is 1. The third kappa shape index (κ3) is 19.9. The molecule has 3 aromatic carbocycles. The molecular formula is C50H70IN2O5Y4+. The van der Waals surface area contributed by atoms with Crippen LogP contribution < -0.4 is 9.47 Å². The second kappa shape index (κ2) is 34.2. The van der Waals surface area contributed by atoms with Crippen LogP contribution in [0.3, 0.4) is 0 Å². The summed E-state index contributed by atoms with van der Waals surface area (Å²) >= 11 is 0. The van der Waals surface area contributed by atoms with E-state index in [1.165, 1.54) is 60.4 Å². The van der Waals surface area contributed by atoms with E-state index in [2.05, 4.69) is 88.8 Å². The predicted octanol–water partition coefficient (Wildman–Crippen LogP) is 10.4. The normalized spacial score (nSPS) is 17.9. The molecule has 2 saturated heterocycles. The summed E-state index contributed by atoms with van der Waals surface area (Å²) in [5, 5.41) is 0. The van der Waals surface area contributed by atoms with E-state index in [0.717, 1.165) is 86.9 Å². The van der Waals surface area contributed by atoms with E-state index in [-0.39, 0.29) is 174 Å². The average molecular weight is 1260 g/mol. The first-order valence-corrected chi connectivity index (χ1v) is 21.6. The van der Waals surface area contributed by atoms with E-state index in [0.29, 0.717) is 35.9 Å². The third-order valence-electron chi connectivity index (χ3n) is 12.2. The van der Waals surface area contributed by atoms with Gasteiger partial charge in [-0.05, 0) is 131 Å². The van der Waals surface area contributed by atoms with Crippen LogP contribution in [0.25, 0.3) is 0 Å². The number of ether oxygens (including phenoxy) is 2. The largest absolute Gasteiger partial charge is 0.477 e. The molecule has 0 saturated carbocycles. The molecule has 0 aromatic heterocycles. The maximum absolute atomic E-state index is 13.9. The van der Waals surface area contributed by atoms with E-state index in [9.17, 15) is 14.4 Å². The first-order valence-electron chi connectivity index (χ1n) is 21.6. The van der Waals surface area contributed by atoms with Gasteiger partial charge in [0, 0.05) is 163 Å². The number of aryl methyl sites for hydroxylation is 4. The van der Waals surface area contributed by atoms with Gasteiger partial charge in [0.2, 0.25) is 0 Å². The topological polar surface area (TPSA) is 72.9 Å². The number of hydrogen-bond donors (Lipinski definition) is 0. The van der Waals surface area contributed by atoms with Gasteiger partial charge in [-0.25, -0.2) is 0 Å². The van der Waals surface area contributed by atoms with Crippen molar-refractivity contribution in [3.8, 4) is 23.8 Å². The standard InChI is InChI=1S/C31H40NO4.C19H29NO.HI.4Y/c1-6-8-17-32(22-26-15-16-30(36-25(5)33)31(20-26)35-19-7-2)18-10-9-14-28(32)29(34)21-27-23(3)12-11-13-24(27)4;1-4-5-12-20-13-7-6-11-18(20)19(21)14-17-15(2)9-8-10-16(17)3;;;;;/h2,11-13,15-16,20,28H,6,8-10,14,17-19,21-22H2,1,3-5H3;8-10,18H,4-7,11-14H2,1-3H3;1H;;;;/q+1;;;;;;. The summed E-state index contributed by atoms with van der Waals surface area (Å²) in [6.45, 7) is 19.2. The van der Waals surface area contributed by atoms with Crippen molar-refractivity contribution >= 4 is 41.5 Å². The van der Waals surface area contributed by atoms with Crippen LogP contribution in [0.1, 0.15) is 124 Å². The van der Waals surface area contributed by atoms with Crippen molar-refractivity contribution in [2.45, 2.75) is 144 Å². The monoisotopic (exact) mass is 1260 g/mol. The van der Waals surface area contributed by atoms with Gasteiger partial charge in [0.05, 0.1) is 19.1 Å². The van der Waals surface area contributed by atoms with Gasteiger partial charge in [-0.15, -0.1) is 30.4 Å². The Kier molecular flexibility index (Phi) is 35.9. The SMILES string of the molecule is C#CCOc1cc(C[N+]2(CCCC)CCCCC2C(=O)Cc2c(C)cccc2C)ccc1OC(C)=O.CCCCN1CCCCC1C(=O)Cc1c(C)cccc1C.I.[Y].[Y].[Y].[Y]. The number of ketones is 2. The minimum atomic E-state index is -0.409. The molecular weight excluding hydrogens is 1190 g/mol. The zero-order valence-corrected chi connectivity index (χ0v) is 52.5. The molecule has 0 bridgehead atoms. The number of unbranched alkanes of at least 4 members (excludes halogenated alkanes) is 2. The summed E-state index contributed by atoms with van der Waals surface area (Å²) in [6, 6.07) is 18.4. The Bertz CT molecular complexity index is 1830. The van der Waals surface area contributed by atoms with Crippen molar-refractivity contribution in [1.82, 2.24) is 4.90 Å². The van der Waals surface area contributed by atoms with Crippen LogP contribution in [-0.2, 0) is 165 Å². The number of terminal acetylenes is 1. The number of Topliss-reactive ketones (excluding diaryl/α,β-unsaturated/α-hetero) is 2. The maximum Gasteiger partial charge on any atom is 0.308 e. The van der Waals surface area contributed by atoms with Crippen molar-refractivity contribution in [3.05, 3.63) is 93.5 Å². The summed E-state index contributed by atoms with van der Waals surface area (Å²) in [5.74, 6) is 3.65. The number of rotatable bonds is 17. The minimum absolute atomic E-state index is 0. The molecule has 2 fully saturated rings. The van der Waals surface area contributed by atoms with Crippen LogP contribution in [0, 0.1) is 40.0 Å². The van der Waals surface area contributed by atoms with E-state index >= 15 is 0 Å². The predicted molar refractivity (Wildman–Crippen MR) is 247 cm³/mol. The molecule has 0 aliphatic carbocycles. The van der Waals surface area contributed by atoms with Crippen molar-refractivity contribution < 1.29 is 159 Å². The molecule has 3 atom stereocenters. The first kappa shape index (κ1) is 65.0. The Morgan fingerprint density at radius 3 is 1.87 bits per heavy atom. The molecule has 2 heterocycles. The molecule has 328 valence electrons. The molecule has 7 nitrogen and oxygen atoms in total. The molecule has 5 rings (SSSR count). The number of quaternary nitrogens is 1. The van der Waals surface area contributed by atoms with Crippen molar-refractivity contribution in [3.63, 3.8) is 0 Å². The van der Waals surface area contributed by atoms with Gasteiger partial charge in [-0.1, -0.05) is 75.4 Å². The molecule has 12 heteroatoms. The molecule has 0 amide bonds. The number of benzene rings is 3. The second-order valence-corrected chi connectivity index (χ2v) is 16.5. The fraction of sp³-hybridized carbons (Fsp3) is 0.540. The molecule has 2 aliphatic heterocycles. The summed E-state index contributed by atoms with van der Waals surface area (Å²) in [4.78, 5) is 40.7. The number of nitrogens with zero attached hydrogens (tertiary/aromatic N) is 2. The Labute approximate surface area is 492 Å². The Hall–Kier alpha value is 0.896. The Morgan fingerprint density at radius 1 is 0.758 bits per heavy atom. The van der Waals surface area contributed by atoms with Gasteiger partial charge in [0.25, 0.3) is 0 Å². The maximum atomic E-state index is 13.9. The molecule has 0 N–H and O–H groups in total. The van der Waals surface area contributed by atoms with Crippen molar-refractivity contribution in [1.29, 1.82) is 0 Å². The van der Waals surface area contributed by atoms with Crippen molar-refractivity contribution in [2.75, 3.05) is 32.8 Å². The van der Waals surface area contributed by atoms with E-state index in [1.54, 1.807) is 6.07 Å². The van der Waals surface area contributed by atoms with Crippen LogP contribution in [0.15, 0.2) is 54.6 Å². The van der Waals surface area contributed by atoms with Gasteiger partial charge >= 0.3 is 5.97 Å². The van der Waals surface area contributed by atoms with Crippen molar-refractivity contribution in [2.24, 2.45) is 0 Å². The zero-order chi connectivity index (χ0) is 41.4. The van der Waals surface area contributed by atoms with E-state index < -0.39 is 5.97 Å². The summed E-state index contributed by atoms with van der Waals surface area (Å²) < 4.78 is 11.8. The first-order chi connectivity index (χ1) is 27.4. The summed E-state index contributed by atoms with van der Waals surface area (Å²) in [5.41, 5.74) is 8.32. The molecule has 0 spiro atoms. The van der Waals surface area contributed by atoms with E-state index in [4.69, 9.17) is 15.9 Å². The number of hydrogen-bond acceptors (Lipinski definition) is 6.